The van der Waals surface area contributed by atoms with Crippen LogP contribution in [0.25, 0.3) is 10.9 Å². The molecule has 0 aliphatic rings. The first-order valence-electron chi connectivity index (χ1n) is 6.83. The van der Waals surface area contributed by atoms with Crippen LogP contribution in [0.2, 0.25) is 0 Å². The highest BCUT2D eigenvalue weighted by molar-refractivity contribution is 8.13. The number of pyridine rings is 1. The van der Waals surface area contributed by atoms with Crippen LogP contribution in [0.3, 0.4) is 0 Å². The van der Waals surface area contributed by atoms with E-state index in [-0.39, 0.29) is 29.4 Å². The van der Waals surface area contributed by atoms with E-state index in [0.29, 0.717) is 0 Å². The van der Waals surface area contributed by atoms with E-state index in [9.17, 15) is 22.2 Å². The van der Waals surface area contributed by atoms with Crippen molar-refractivity contribution in [2.75, 3.05) is 13.2 Å². The predicted molar refractivity (Wildman–Crippen MR) is 88.1 cm³/mol. The molecule has 0 bridgehead atoms. The SMILES string of the molecule is CCOP(=O)(OCC)c1cc2cc(S(=O)(=O)Cl)c(F)cc2[nH]c1=O. The summed E-state index contributed by atoms with van der Waals surface area (Å²) in [6.07, 6.45) is 0. The Morgan fingerprint density at radius 1 is 1.21 bits per heavy atom. The average molecular weight is 398 g/mol. The first-order valence-corrected chi connectivity index (χ1v) is 10.7. The van der Waals surface area contributed by atoms with Crippen molar-refractivity contribution in [1.29, 1.82) is 0 Å². The fourth-order valence-corrected chi connectivity index (χ4v) is 4.65. The zero-order chi connectivity index (χ0) is 18.1. The third-order valence-electron chi connectivity index (χ3n) is 3.03. The van der Waals surface area contributed by atoms with Gasteiger partial charge >= 0.3 is 7.60 Å². The fraction of sp³-hybridized carbons (Fsp3) is 0.308. The molecular formula is C13H14ClFNO6PS. The highest BCUT2D eigenvalue weighted by atomic mass is 35.7. The highest BCUT2D eigenvalue weighted by Gasteiger charge is 2.31. The molecule has 1 heterocycles. The molecule has 0 saturated carbocycles. The maximum atomic E-state index is 13.8. The molecule has 132 valence electrons. The molecule has 0 saturated heterocycles. The summed E-state index contributed by atoms with van der Waals surface area (Å²) in [6, 6.07) is 2.90. The van der Waals surface area contributed by atoms with E-state index in [0.717, 1.165) is 18.2 Å². The zero-order valence-electron chi connectivity index (χ0n) is 12.7. The van der Waals surface area contributed by atoms with E-state index >= 15 is 0 Å². The lowest BCUT2D eigenvalue weighted by Gasteiger charge is -2.16. The molecule has 24 heavy (non-hydrogen) atoms. The molecular weight excluding hydrogens is 384 g/mol. The van der Waals surface area contributed by atoms with Gasteiger partial charge in [-0.3, -0.25) is 9.36 Å². The lowest BCUT2D eigenvalue weighted by Crippen LogP contribution is -2.29. The number of fused-ring (bicyclic) bond motifs is 1. The normalized spacial score (nSPS) is 12.7. The number of rotatable bonds is 6. The second-order valence-corrected chi connectivity index (χ2v) is 9.15. The summed E-state index contributed by atoms with van der Waals surface area (Å²) >= 11 is 0. The van der Waals surface area contributed by atoms with Crippen molar-refractivity contribution >= 4 is 43.5 Å². The minimum absolute atomic E-state index is 0.0184. The molecule has 0 unspecified atom stereocenters. The van der Waals surface area contributed by atoms with Gasteiger partial charge in [-0.25, -0.2) is 12.8 Å². The van der Waals surface area contributed by atoms with Gasteiger partial charge in [-0.2, -0.15) is 0 Å². The van der Waals surface area contributed by atoms with Gasteiger partial charge in [-0.05, 0) is 32.0 Å². The Hall–Kier alpha value is -1.25. The Morgan fingerprint density at radius 3 is 2.29 bits per heavy atom. The Kier molecular flexibility index (Phi) is 5.51. The van der Waals surface area contributed by atoms with E-state index in [2.05, 4.69) is 4.98 Å². The van der Waals surface area contributed by atoms with E-state index in [1.54, 1.807) is 13.8 Å². The van der Waals surface area contributed by atoms with Crippen molar-refractivity contribution in [3.8, 4) is 0 Å². The molecule has 0 fully saturated rings. The summed E-state index contributed by atoms with van der Waals surface area (Å²) in [5.74, 6) is -1.11. The molecule has 0 aliphatic carbocycles. The van der Waals surface area contributed by atoms with Gasteiger partial charge in [0.2, 0.25) is 0 Å². The Balaban J connectivity index is 2.78. The van der Waals surface area contributed by atoms with Crippen molar-refractivity contribution in [3.05, 3.63) is 34.4 Å². The van der Waals surface area contributed by atoms with Crippen LogP contribution in [0.4, 0.5) is 4.39 Å². The van der Waals surface area contributed by atoms with Gasteiger partial charge in [0.1, 0.15) is 16.0 Å². The third kappa shape index (κ3) is 3.70. The summed E-state index contributed by atoms with van der Waals surface area (Å²) < 4.78 is 59.6. The van der Waals surface area contributed by atoms with E-state index < -0.39 is 32.9 Å². The van der Waals surface area contributed by atoms with Crippen LogP contribution in [0.15, 0.2) is 27.9 Å². The maximum absolute atomic E-state index is 13.8. The van der Waals surface area contributed by atoms with Crippen LogP contribution < -0.4 is 10.9 Å². The smallest absolute Gasteiger partial charge is 0.321 e. The predicted octanol–water partition coefficient (Wildman–Crippen LogP) is 2.49. The number of nitrogens with one attached hydrogen (secondary N) is 1. The van der Waals surface area contributed by atoms with E-state index in [4.69, 9.17) is 19.7 Å². The van der Waals surface area contributed by atoms with Gasteiger partial charge in [-0.15, -0.1) is 0 Å². The molecule has 0 aliphatic heterocycles. The number of halogens is 2. The molecule has 11 heteroatoms. The molecule has 7 nitrogen and oxygen atoms in total. The Bertz CT molecular complexity index is 980. The summed E-state index contributed by atoms with van der Waals surface area (Å²) in [5.41, 5.74) is -0.765. The molecule has 0 amide bonds. The maximum Gasteiger partial charge on any atom is 0.366 e. The van der Waals surface area contributed by atoms with Crippen LogP contribution in [0.5, 0.6) is 0 Å². The van der Waals surface area contributed by atoms with E-state index in [1.807, 2.05) is 0 Å². The van der Waals surface area contributed by atoms with Crippen LogP contribution in [0, 0.1) is 5.82 Å². The minimum atomic E-state index is -4.33. The third-order valence-corrected chi connectivity index (χ3v) is 6.49. The minimum Gasteiger partial charge on any atom is -0.321 e. The summed E-state index contributed by atoms with van der Waals surface area (Å²) in [4.78, 5) is 13.8. The average Bonchev–Trinajstić information content (AvgIpc) is 2.45. The molecule has 0 atom stereocenters. The summed E-state index contributed by atoms with van der Waals surface area (Å²) in [6.45, 7) is 3.21. The van der Waals surface area contributed by atoms with Crippen molar-refractivity contribution in [2.45, 2.75) is 18.7 Å². The fourth-order valence-electron chi connectivity index (χ4n) is 2.10. The first kappa shape index (κ1) is 19.1. The summed E-state index contributed by atoms with van der Waals surface area (Å²) in [7, 11) is -3.05. The number of hydrogen-bond acceptors (Lipinski definition) is 6. The first-order chi connectivity index (χ1) is 11.1. The number of aromatic nitrogens is 1. The second kappa shape index (κ2) is 6.93. The van der Waals surface area contributed by atoms with Gasteiger partial charge in [0, 0.05) is 16.1 Å². The Morgan fingerprint density at radius 2 is 1.79 bits per heavy atom. The number of hydrogen-bond donors (Lipinski definition) is 1. The lowest BCUT2D eigenvalue weighted by molar-refractivity contribution is 0.229. The molecule has 1 aromatic carbocycles. The van der Waals surface area contributed by atoms with Gasteiger partial charge in [0.25, 0.3) is 14.6 Å². The number of benzene rings is 1. The molecule has 0 spiro atoms. The molecule has 1 aromatic heterocycles. The van der Waals surface area contributed by atoms with Crippen molar-refractivity contribution in [3.63, 3.8) is 0 Å². The van der Waals surface area contributed by atoms with Gasteiger partial charge in [0.15, 0.2) is 0 Å². The van der Waals surface area contributed by atoms with Crippen LogP contribution >= 0.6 is 18.3 Å². The topological polar surface area (TPSA) is 103 Å². The van der Waals surface area contributed by atoms with E-state index in [1.165, 1.54) is 0 Å². The summed E-state index contributed by atoms with van der Waals surface area (Å²) in [5, 5.41) is -0.187. The number of H-pyrrole nitrogens is 1. The Labute approximate surface area is 141 Å². The van der Waals surface area contributed by atoms with Crippen molar-refractivity contribution < 1.29 is 26.4 Å². The van der Waals surface area contributed by atoms with Crippen LogP contribution in [0.1, 0.15) is 13.8 Å². The van der Waals surface area contributed by atoms with Crippen molar-refractivity contribution in [1.82, 2.24) is 4.98 Å². The molecule has 2 rings (SSSR count). The van der Waals surface area contributed by atoms with Crippen LogP contribution in [-0.4, -0.2) is 26.6 Å². The molecule has 2 aromatic rings. The number of aromatic amines is 1. The second-order valence-electron chi connectivity index (χ2n) is 4.62. The highest BCUT2D eigenvalue weighted by Crippen LogP contribution is 2.46. The monoisotopic (exact) mass is 397 g/mol. The van der Waals surface area contributed by atoms with Gasteiger partial charge in [-0.1, -0.05) is 0 Å². The molecule has 0 radical (unpaired) electrons. The van der Waals surface area contributed by atoms with Gasteiger partial charge < -0.3 is 14.0 Å². The molecule has 1 N–H and O–H groups in total. The van der Waals surface area contributed by atoms with Crippen LogP contribution in [-0.2, 0) is 22.7 Å². The lowest BCUT2D eigenvalue weighted by atomic mass is 10.2. The largest absolute Gasteiger partial charge is 0.366 e. The quantitative estimate of drug-likeness (QED) is 0.593. The standard InChI is InChI=1S/C13H14ClFNO6PS/c1-3-21-23(18,22-4-2)11-5-8-6-12(24(14,19)20)9(15)7-10(8)16-13(11)17/h5-7H,3-4H2,1-2H3,(H,16,17). The zero-order valence-corrected chi connectivity index (χ0v) is 15.2. The van der Waals surface area contributed by atoms with Crippen molar-refractivity contribution in [2.24, 2.45) is 0 Å². The van der Waals surface area contributed by atoms with Gasteiger partial charge in [0.05, 0.1) is 18.7 Å².